The molecule has 1 fully saturated rings. The average molecular weight is 262 g/mol. The zero-order valence-electron chi connectivity index (χ0n) is 11.9. The van der Waals surface area contributed by atoms with E-state index in [9.17, 15) is 4.79 Å². The molecular formula is C15H22N2O2. The third kappa shape index (κ3) is 3.26. The number of hydrogen-bond donors (Lipinski definition) is 0. The van der Waals surface area contributed by atoms with Gasteiger partial charge < -0.3 is 9.64 Å². The molecular weight excluding hydrogens is 240 g/mol. The molecule has 1 aromatic carbocycles. The van der Waals surface area contributed by atoms with E-state index in [4.69, 9.17) is 4.74 Å². The summed E-state index contributed by atoms with van der Waals surface area (Å²) >= 11 is 0. The lowest BCUT2D eigenvalue weighted by Crippen LogP contribution is -2.51. The van der Waals surface area contributed by atoms with E-state index in [1.807, 2.05) is 19.1 Å². The number of hydrogen-bond acceptors (Lipinski definition) is 4. The number of rotatable bonds is 4. The summed E-state index contributed by atoms with van der Waals surface area (Å²) in [5.41, 5.74) is 1.19. The SMILES string of the molecule is COc1cccc(N2CCN(C(C)C(C)=O)CC2)c1. The minimum absolute atomic E-state index is 0.0347. The van der Waals surface area contributed by atoms with Crippen LogP contribution in [0.1, 0.15) is 13.8 Å². The molecule has 0 aliphatic carbocycles. The van der Waals surface area contributed by atoms with Gasteiger partial charge in [-0.05, 0) is 26.0 Å². The summed E-state index contributed by atoms with van der Waals surface area (Å²) in [5, 5.41) is 0. The van der Waals surface area contributed by atoms with Crippen molar-refractivity contribution < 1.29 is 9.53 Å². The molecule has 19 heavy (non-hydrogen) atoms. The molecule has 0 aromatic heterocycles. The molecule has 104 valence electrons. The number of methoxy groups -OCH3 is 1. The van der Waals surface area contributed by atoms with Crippen LogP contribution in [0.4, 0.5) is 5.69 Å². The first-order valence-corrected chi connectivity index (χ1v) is 6.75. The molecule has 2 rings (SSSR count). The van der Waals surface area contributed by atoms with Crippen LogP contribution in [0.3, 0.4) is 0 Å². The van der Waals surface area contributed by atoms with Crippen molar-refractivity contribution in [1.82, 2.24) is 4.90 Å². The number of ketones is 1. The van der Waals surface area contributed by atoms with Gasteiger partial charge in [-0.15, -0.1) is 0 Å². The second-order valence-corrected chi connectivity index (χ2v) is 5.01. The Morgan fingerprint density at radius 2 is 1.95 bits per heavy atom. The molecule has 1 aliphatic heterocycles. The molecule has 0 radical (unpaired) electrons. The first-order chi connectivity index (χ1) is 9.11. The zero-order chi connectivity index (χ0) is 13.8. The van der Waals surface area contributed by atoms with Crippen LogP contribution in [-0.2, 0) is 4.79 Å². The average Bonchev–Trinajstić information content (AvgIpc) is 2.46. The smallest absolute Gasteiger partial charge is 0.146 e. The minimum Gasteiger partial charge on any atom is -0.497 e. The number of nitrogens with zero attached hydrogens (tertiary/aromatic N) is 2. The molecule has 1 unspecified atom stereocenters. The highest BCUT2D eigenvalue weighted by molar-refractivity contribution is 5.81. The summed E-state index contributed by atoms with van der Waals surface area (Å²) in [6.45, 7) is 7.41. The lowest BCUT2D eigenvalue weighted by atomic mass is 10.1. The summed E-state index contributed by atoms with van der Waals surface area (Å²) in [7, 11) is 1.69. The van der Waals surface area contributed by atoms with Gasteiger partial charge in [0.15, 0.2) is 0 Å². The highest BCUT2D eigenvalue weighted by atomic mass is 16.5. The van der Waals surface area contributed by atoms with Gasteiger partial charge >= 0.3 is 0 Å². The summed E-state index contributed by atoms with van der Waals surface area (Å²) in [6.07, 6.45) is 0. The molecule has 1 heterocycles. The molecule has 0 N–H and O–H groups in total. The van der Waals surface area contributed by atoms with Crippen LogP contribution in [0.2, 0.25) is 0 Å². The number of carbonyl (C=O) groups is 1. The Hall–Kier alpha value is -1.55. The van der Waals surface area contributed by atoms with Crippen LogP contribution in [-0.4, -0.2) is 50.0 Å². The topological polar surface area (TPSA) is 32.8 Å². The van der Waals surface area contributed by atoms with E-state index < -0.39 is 0 Å². The number of carbonyl (C=O) groups excluding carboxylic acids is 1. The first-order valence-electron chi connectivity index (χ1n) is 6.75. The van der Waals surface area contributed by atoms with Gasteiger partial charge in [0.25, 0.3) is 0 Å². The lowest BCUT2D eigenvalue weighted by Gasteiger charge is -2.38. The van der Waals surface area contributed by atoms with Gasteiger partial charge in [0, 0.05) is 37.9 Å². The van der Waals surface area contributed by atoms with Crippen molar-refractivity contribution in [2.45, 2.75) is 19.9 Å². The standard InChI is InChI=1S/C15H22N2O2/c1-12(13(2)18)16-7-9-17(10-8-16)14-5-4-6-15(11-14)19-3/h4-6,11-12H,7-10H2,1-3H3. The summed E-state index contributed by atoms with van der Waals surface area (Å²) in [6, 6.07) is 8.17. The number of anilines is 1. The molecule has 0 amide bonds. The van der Waals surface area contributed by atoms with Crippen LogP contribution in [0.25, 0.3) is 0 Å². The number of piperazine rings is 1. The maximum atomic E-state index is 11.4. The monoisotopic (exact) mass is 262 g/mol. The van der Waals surface area contributed by atoms with Gasteiger partial charge in [-0.25, -0.2) is 0 Å². The Labute approximate surface area is 115 Å². The Balaban J connectivity index is 1.97. The third-order valence-electron chi connectivity index (χ3n) is 3.87. The van der Waals surface area contributed by atoms with Crippen LogP contribution in [0.5, 0.6) is 5.75 Å². The fourth-order valence-corrected chi connectivity index (χ4v) is 2.43. The van der Waals surface area contributed by atoms with Crippen LogP contribution in [0.15, 0.2) is 24.3 Å². The molecule has 4 heteroatoms. The molecule has 0 spiro atoms. The van der Waals surface area contributed by atoms with Crippen LogP contribution in [0, 0.1) is 0 Å². The van der Waals surface area contributed by atoms with Gasteiger partial charge in [-0.2, -0.15) is 0 Å². The Morgan fingerprint density at radius 1 is 1.26 bits per heavy atom. The second kappa shape index (κ2) is 6.06. The summed E-state index contributed by atoms with van der Waals surface area (Å²) in [5.74, 6) is 1.13. The fraction of sp³-hybridized carbons (Fsp3) is 0.533. The quantitative estimate of drug-likeness (QED) is 0.828. The molecule has 1 aliphatic rings. The van der Waals surface area contributed by atoms with Crippen LogP contribution >= 0.6 is 0 Å². The molecule has 4 nitrogen and oxygen atoms in total. The highest BCUT2D eigenvalue weighted by Crippen LogP contribution is 2.22. The predicted molar refractivity (Wildman–Crippen MR) is 76.9 cm³/mol. The summed E-state index contributed by atoms with van der Waals surface area (Å²) in [4.78, 5) is 16.0. The van der Waals surface area contributed by atoms with Crippen molar-refractivity contribution in [3.63, 3.8) is 0 Å². The van der Waals surface area contributed by atoms with E-state index in [1.54, 1.807) is 14.0 Å². The van der Waals surface area contributed by atoms with Crippen molar-refractivity contribution in [1.29, 1.82) is 0 Å². The van der Waals surface area contributed by atoms with Crippen molar-refractivity contribution in [2.75, 3.05) is 38.2 Å². The molecule has 1 aromatic rings. The van der Waals surface area contributed by atoms with Gasteiger partial charge in [-0.3, -0.25) is 9.69 Å². The highest BCUT2D eigenvalue weighted by Gasteiger charge is 2.23. The number of benzene rings is 1. The van der Waals surface area contributed by atoms with Gasteiger partial charge in [0.2, 0.25) is 0 Å². The molecule has 0 saturated carbocycles. The molecule has 1 saturated heterocycles. The van der Waals surface area contributed by atoms with Crippen LogP contribution < -0.4 is 9.64 Å². The lowest BCUT2D eigenvalue weighted by molar-refractivity contribution is -0.121. The van der Waals surface area contributed by atoms with Crippen molar-refractivity contribution in [2.24, 2.45) is 0 Å². The van der Waals surface area contributed by atoms with Crippen molar-refractivity contribution >= 4 is 11.5 Å². The van der Waals surface area contributed by atoms with Gasteiger partial charge in [0.1, 0.15) is 11.5 Å². The normalized spacial score (nSPS) is 18.2. The van der Waals surface area contributed by atoms with Gasteiger partial charge in [0.05, 0.1) is 13.2 Å². The van der Waals surface area contributed by atoms with E-state index >= 15 is 0 Å². The van der Waals surface area contributed by atoms with E-state index in [0.29, 0.717) is 0 Å². The second-order valence-electron chi connectivity index (χ2n) is 5.01. The van der Waals surface area contributed by atoms with Crippen molar-refractivity contribution in [3.05, 3.63) is 24.3 Å². The molecule has 1 atom stereocenters. The maximum absolute atomic E-state index is 11.4. The van der Waals surface area contributed by atoms with E-state index in [2.05, 4.69) is 21.9 Å². The Kier molecular flexibility index (Phi) is 4.43. The minimum atomic E-state index is 0.0347. The van der Waals surface area contributed by atoms with Crippen molar-refractivity contribution in [3.8, 4) is 5.75 Å². The Morgan fingerprint density at radius 3 is 2.53 bits per heavy atom. The number of Topliss-reactive ketones (excluding diaryl/α,β-unsaturated/α-hetero) is 1. The van der Waals surface area contributed by atoms with E-state index in [1.165, 1.54) is 5.69 Å². The van der Waals surface area contributed by atoms with Gasteiger partial charge in [-0.1, -0.05) is 6.07 Å². The number of ether oxygens (including phenoxy) is 1. The molecule has 0 bridgehead atoms. The largest absolute Gasteiger partial charge is 0.497 e. The zero-order valence-corrected chi connectivity index (χ0v) is 11.9. The predicted octanol–water partition coefficient (Wildman–Crippen LogP) is 1.79. The maximum Gasteiger partial charge on any atom is 0.146 e. The van der Waals surface area contributed by atoms with E-state index in [0.717, 1.165) is 31.9 Å². The summed E-state index contributed by atoms with van der Waals surface area (Å²) < 4.78 is 5.25. The fourth-order valence-electron chi connectivity index (χ4n) is 2.43. The third-order valence-corrected chi connectivity index (χ3v) is 3.87. The van der Waals surface area contributed by atoms with E-state index in [-0.39, 0.29) is 11.8 Å². The Bertz CT molecular complexity index is 440. The first kappa shape index (κ1) is 13.9.